The number of anilines is 2. The van der Waals surface area contributed by atoms with Gasteiger partial charge in [0, 0.05) is 24.5 Å². The first-order chi connectivity index (χ1) is 19.3. The third kappa shape index (κ3) is 4.87. The van der Waals surface area contributed by atoms with E-state index in [-0.39, 0.29) is 17.3 Å². The van der Waals surface area contributed by atoms with Gasteiger partial charge in [0.1, 0.15) is 0 Å². The van der Waals surface area contributed by atoms with E-state index in [0.717, 1.165) is 45.4 Å². The minimum atomic E-state index is -3.77. The lowest BCUT2D eigenvalue weighted by molar-refractivity contribution is 0.0985. The molecule has 5 aromatic rings. The maximum Gasteiger partial charge on any atom is 0.264 e. The number of para-hydroxylation sites is 1. The number of sulfonamides is 1. The Balaban J connectivity index is 1.33. The van der Waals surface area contributed by atoms with Gasteiger partial charge in [0.2, 0.25) is 0 Å². The smallest absolute Gasteiger partial charge is 0.264 e. The molecule has 9 heteroatoms. The highest BCUT2D eigenvalue weighted by Gasteiger charge is 2.29. The van der Waals surface area contributed by atoms with Gasteiger partial charge in [-0.15, -0.1) is 0 Å². The van der Waals surface area contributed by atoms with E-state index in [2.05, 4.69) is 18.0 Å². The van der Waals surface area contributed by atoms with Gasteiger partial charge in [-0.2, -0.15) is 0 Å². The number of hydrogen-bond donors (Lipinski definition) is 0. The molecule has 1 aliphatic rings. The second-order valence-corrected chi connectivity index (χ2v) is 12.9. The molecule has 0 bridgehead atoms. The number of hydrogen-bond acceptors (Lipinski definition) is 6. The van der Waals surface area contributed by atoms with E-state index in [4.69, 9.17) is 4.98 Å². The maximum atomic E-state index is 13.9. The molecule has 0 saturated heterocycles. The van der Waals surface area contributed by atoms with Crippen LogP contribution >= 0.6 is 11.3 Å². The molecule has 202 valence electrons. The fraction of sp³-hybridized carbons (Fsp3) is 0.194. The van der Waals surface area contributed by atoms with Gasteiger partial charge in [0.15, 0.2) is 5.13 Å². The van der Waals surface area contributed by atoms with Crippen molar-refractivity contribution in [3.63, 3.8) is 0 Å². The largest absolute Gasteiger partial charge is 0.279 e. The Morgan fingerprint density at radius 1 is 1.00 bits per heavy atom. The predicted octanol–water partition coefficient (Wildman–Crippen LogP) is 6.30. The Morgan fingerprint density at radius 3 is 2.55 bits per heavy atom. The molecule has 6 rings (SSSR count). The van der Waals surface area contributed by atoms with E-state index in [9.17, 15) is 13.2 Å². The molecule has 0 saturated carbocycles. The quantitative estimate of drug-likeness (QED) is 0.240. The molecule has 2 aromatic heterocycles. The molecular formula is C31H28N4O3S2. The van der Waals surface area contributed by atoms with Gasteiger partial charge in [-0.25, -0.2) is 13.4 Å². The summed E-state index contributed by atoms with van der Waals surface area (Å²) in [5.41, 5.74) is 6.15. The van der Waals surface area contributed by atoms with Gasteiger partial charge in [0.05, 0.1) is 27.3 Å². The van der Waals surface area contributed by atoms with Crippen LogP contribution in [0.15, 0.2) is 90.1 Å². The molecule has 0 spiro atoms. The van der Waals surface area contributed by atoms with Gasteiger partial charge < -0.3 is 0 Å². The number of carbonyl (C=O) groups excluding carboxylic acids is 1. The van der Waals surface area contributed by atoms with Crippen molar-refractivity contribution >= 4 is 48.3 Å². The lowest BCUT2D eigenvalue weighted by Gasteiger charge is -2.30. The van der Waals surface area contributed by atoms with E-state index in [1.165, 1.54) is 33.3 Å². The molecule has 0 atom stereocenters. The monoisotopic (exact) mass is 568 g/mol. The standard InChI is InChI=1S/C31H28N4O3S2/c1-21-17-27-29(18-22(21)2)39-31(33-27)34(20-23-7-5-15-32-19-23)30(36)25-11-13-26(14-12-25)40(37,38)35-16-6-9-24-8-3-4-10-28(24)35/h3-5,7-8,10-15,17-19H,6,9,16,20H2,1-2H3. The number of fused-ring (bicyclic) bond motifs is 2. The van der Waals surface area contributed by atoms with Crippen molar-refractivity contribution in [1.29, 1.82) is 0 Å². The molecule has 1 aliphatic heterocycles. The number of benzene rings is 3. The lowest BCUT2D eigenvalue weighted by Crippen LogP contribution is -2.35. The molecular weight excluding hydrogens is 541 g/mol. The van der Waals surface area contributed by atoms with Gasteiger partial charge >= 0.3 is 0 Å². The second-order valence-electron chi connectivity index (χ2n) is 9.99. The van der Waals surface area contributed by atoms with Crippen LogP contribution in [0.25, 0.3) is 10.2 Å². The molecule has 0 radical (unpaired) electrons. The normalized spacial score (nSPS) is 13.3. The number of pyridine rings is 1. The highest BCUT2D eigenvalue weighted by atomic mass is 32.2. The number of rotatable bonds is 6. The van der Waals surface area contributed by atoms with Gasteiger partial charge in [-0.05, 0) is 97.5 Å². The third-order valence-corrected chi connectivity index (χ3v) is 10.2. The van der Waals surface area contributed by atoms with Crippen LogP contribution in [-0.4, -0.2) is 30.8 Å². The van der Waals surface area contributed by atoms with Crippen LogP contribution in [0.1, 0.15) is 39.0 Å². The lowest BCUT2D eigenvalue weighted by atomic mass is 10.0. The zero-order valence-electron chi connectivity index (χ0n) is 22.2. The summed E-state index contributed by atoms with van der Waals surface area (Å²) < 4.78 is 29.7. The van der Waals surface area contributed by atoms with Crippen LogP contribution < -0.4 is 9.21 Å². The summed E-state index contributed by atoms with van der Waals surface area (Å²) in [4.78, 5) is 24.7. The van der Waals surface area contributed by atoms with E-state index in [0.29, 0.717) is 17.2 Å². The van der Waals surface area contributed by atoms with Crippen molar-refractivity contribution in [2.24, 2.45) is 0 Å². The number of aromatic nitrogens is 2. The van der Waals surface area contributed by atoms with E-state index in [1.807, 2.05) is 49.4 Å². The third-order valence-electron chi connectivity index (χ3n) is 7.29. The second kappa shape index (κ2) is 10.5. The van der Waals surface area contributed by atoms with E-state index >= 15 is 0 Å². The summed E-state index contributed by atoms with van der Waals surface area (Å²) in [6.45, 7) is 4.82. The van der Waals surface area contributed by atoms with Crippen molar-refractivity contribution in [3.8, 4) is 0 Å². The summed E-state index contributed by atoms with van der Waals surface area (Å²) in [7, 11) is -3.77. The number of nitrogens with zero attached hydrogens (tertiary/aromatic N) is 4. The predicted molar refractivity (Wildman–Crippen MR) is 160 cm³/mol. The van der Waals surface area contributed by atoms with Crippen LogP contribution in [-0.2, 0) is 23.0 Å². The van der Waals surface area contributed by atoms with Crippen LogP contribution in [0.3, 0.4) is 0 Å². The zero-order valence-corrected chi connectivity index (χ0v) is 23.9. The average Bonchev–Trinajstić information content (AvgIpc) is 3.38. The highest BCUT2D eigenvalue weighted by molar-refractivity contribution is 7.92. The summed E-state index contributed by atoms with van der Waals surface area (Å²) in [6.07, 6.45) is 5.04. The molecule has 0 unspecified atom stereocenters. The minimum Gasteiger partial charge on any atom is -0.279 e. The summed E-state index contributed by atoms with van der Waals surface area (Å²) >= 11 is 1.46. The Hall–Kier alpha value is -4.08. The molecule has 3 heterocycles. The number of thiazole rings is 1. The maximum absolute atomic E-state index is 13.9. The Kier molecular flexibility index (Phi) is 6.85. The number of amides is 1. The van der Waals surface area contributed by atoms with Crippen LogP contribution in [0.2, 0.25) is 0 Å². The molecule has 3 aromatic carbocycles. The Bertz CT molecular complexity index is 1780. The first-order valence-electron chi connectivity index (χ1n) is 13.1. The summed E-state index contributed by atoms with van der Waals surface area (Å²) in [6, 6.07) is 21.7. The van der Waals surface area contributed by atoms with E-state index in [1.54, 1.807) is 29.4 Å². The SMILES string of the molecule is Cc1cc2nc(N(Cc3cccnc3)C(=O)c3ccc(S(=O)(=O)N4CCCc5ccccc54)cc3)sc2cc1C. The van der Waals surface area contributed by atoms with Gasteiger partial charge in [-0.3, -0.25) is 19.0 Å². The minimum absolute atomic E-state index is 0.158. The van der Waals surface area contributed by atoms with Crippen molar-refractivity contribution in [1.82, 2.24) is 9.97 Å². The summed E-state index contributed by atoms with van der Waals surface area (Å²) in [5.74, 6) is -0.261. The number of aryl methyl sites for hydroxylation is 3. The molecule has 0 fully saturated rings. The highest BCUT2D eigenvalue weighted by Crippen LogP contribution is 2.34. The molecule has 7 nitrogen and oxygen atoms in total. The first-order valence-corrected chi connectivity index (χ1v) is 15.4. The van der Waals surface area contributed by atoms with Gasteiger partial charge in [-0.1, -0.05) is 35.6 Å². The zero-order chi connectivity index (χ0) is 27.9. The fourth-order valence-electron chi connectivity index (χ4n) is 4.99. The summed E-state index contributed by atoms with van der Waals surface area (Å²) in [5, 5.41) is 0.579. The van der Waals surface area contributed by atoms with Crippen molar-refractivity contribution in [3.05, 3.63) is 113 Å². The molecule has 0 aliphatic carbocycles. The van der Waals surface area contributed by atoms with Crippen LogP contribution in [0.4, 0.5) is 10.8 Å². The molecule has 1 amide bonds. The molecule has 40 heavy (non-hydrogen) atoms. The average molecular weight is 569 g/mol. The Labute approximate surface area is 237 Å². The van der Waals surface area contributed by atoms with Crippen molar-refractivity contribution in [2.75, 3.05) is 15.7 Å². The number of carbonyl (C=O) groups is 1. The first kappa shape index (κ1) is 26.2. The van der Waals surface area contributed by atoms with E-state index < -0.39 is 10.0 Å². The van der Waals surface area contributed by atoms with Crippen molar-refractivity contribution in [2.45, 2.75) is 38.1 Å². The van der Waals surface area contributed by atoms with Crippen LogP contribution in [0, 0.1) is 13.8 Å². The van der Waals surface area contributed by atoms with Crippen LogP contribution in [0.5, 0.6) is 0 Å². The van der Waals surface area contributed by atoms with Gasteiger partial charge in [0.25, 0.3) is 15.9 Å². The van der Waals surface area contributed by atoms with Crippen molar-refractivity contribution < 1.29 is 13.2 Å². The fourth-order valence-corrected chi connectivity index (χ4v) is 7.57. The molecule has 0 N–H and O–H groups in total. The topological polar surface area (TPSA) is 83.5 Å². The Morgan fingerprint density at radius 2 is 1.77 bits per heavy atom.